The molecule has 0 radical (unpaired) electrons. The fourth-order valence-electron chi connectivity index (χ4n) is 5.30. The van der Waals surface area contributed by atoms with Crippen molar-refractivity contribution in [1.29, 1.82) is 0 Å². The van der Waals surface area contributed by atoms with Crippen LogP contribution in [0.5, 0.6) is 0 Å². The minimum atomic E-state index is -0.197. The number of nitrogens with zero attached hydrogens (tertiary/aromatic N) is 3. The van der Waals surface area contributed by atoms with Crippen LogP contribution >= 0.6 is 0 Å². The number of nitrogens with one attached hydrogen (secondary N) is 1. The summed E-state index contributed by atoms with van der Waals surface area (Å²) in [5.74, 6) is -0.125. The molecule has 5 rings (SSSR count). The molecule has 1 N–H and O–H groups in total. The first-order valence-corrected chi connectivity index (χ1v) is 12.3. The fourth-order valence-corrected chi connectivity index (χ4v) is 5.30. The molecule has 0 bridgehead atoms. The summed E-state index contributed by atoms with van der Waals surface area (Å²) in [6.45, 7) is 6.93. The van der Waals surface area contributed by atoms with Gasteiger partial charge in [0.05, 0.1) is 5.69 Å². The van der Waals surface area contributed by atoms with E-state index in [2.05, 4.69) is 25.2 Å². The fraction of sp³-hybridized carbons (Fsp3) is 0.393. The second-order valence-corrected chi connectivity index (χ2v) is 9.65. The molecule has 2 aromatic carbocycles. The molecule has 176 valence electrons. The summed E-state index contributed by atoms with van der Waals surface area (Å²) in [6.07, 6.45) is 6.11. The lowest BCUT2D eigenvalue weighted by Gasteiger charge is -2.33. The first kappa shape index (κ1) is 22.4. The van der Waals surface area contributed by atoms with Crippen LogP contribution in [-0.4, -0.2) is 39.1 Å². The highest BCUT2D eigenvalue weighted by Gasteiger charge is 2.28. The van der Waals surface area contributed by atoms with E-state index in [1.165, 1.54) is 6.42 Å². The Labute approximate surface area is 201 Å². The zero-order chi connectivity index (χ0) is 23.8. The Hall–Kier alpha value is -3.41. The smallest absolute Gasteiger partial charge is 0.276 e. The van der Waals surface area contributed by atoms with Gasteiger partial charge in [0.25, 0.3) is 11.8 Å². The van der Waals surface area contributed by atoms with Crippen molar-refractivity contribution in [2.45, 2.75) is 65.3 Å². The van der Waals surface area contributed by atoms with Gasteiger partial charge >= 0.3 is 0 Å². The molecule has 34 heavy (non-hydrogen) atoms. The van der Waals surface area contributed by atoms with Crippen molar-refractivity contribution in [3.8, 4) is 5.69 Å². The van der Waals surface area contributed by atoms with Gasteiger partial charge in [0.2, 0.25) is 0 Å². The number of rotatable bonds is 4. The van der Waals surface area contributed by atoms with E-state index < -0.39 is 0 Å². The van der Waals surface area contributed by atoms with Gasteiger partial charge in [-0.25, -0.2) is 4.68 Å². The molecule has 1 fully saturated rings. The molecular formula is C28H32N4O2. The van der Waals surface area contributed by atoms with E-state index in [0.717, 1.165) is 66.7 Å². The molecule has 1 saturated heterocycles. The predicted octanol–water partition coefficient (Wildman–Crippen LogP) is 5.24. The first-order valence-electron chi connectivity index (χ1n) is 12.3. The zero-order valence-electron chi connectivity index (χ0n) is 20.2. The molecule has 6 nitrogen and oxygen atoms in total. The van der Waals surface area contributed by atoms with Gasteiger partial charge in [-0.05, 0) is 94.7 Å². The van der Waals surface area contributed by atoms with Gasteiger partial charge in [-0.2, -0.15) is 5.10 Å². The lowest BCUT2D eigenvalue weighted by Crippen LogP contribution is -2.42. The Balaban J connectivity index is 1.39. The van der Waals surface area contributed by atoms with Crippen molar-refractivity contribution in [1.82, 2.24) is 14.7 Å². The Morgan fingerprint density at radius 2 is 1.82 bits per heavy atom. The van der Waals surface area contributed by atoms with Gasteiger partial charge in [-0.15, -0.1) is 0 Å². The maximum atomic E-state index is 13.3. The van der Waals surface area contributed by atoms with Crippen LogP contribution < -0.4 is 5.32 Å². The molecule has 1 aliphatic heterocycles. The number of aryl methyl sites for hydroxylation is 2. The largest absolute Gasteiger partial charge is 0.336 e. The second-order valence-electron chi connectivity index (χ2n) is 9.65. The average Bonchev–Trinajstić information content (AvgIpc) is 3.44. The second kappa shape index (κ2) is 9.09. The zero-order valence-corrected chi connectivity index (χ0v) is 20.2. The number of benzene rings is 2. The number of carbonyl (C=O) groups excluding carboxylic acids is 2. The number of amides is 2. The summed E-state index contributed by atoms with van der Waals surface area (Å²) in [5, 5.41) is 7.80. The van der Waals surface area contributed by atoms with Gasteiger partial charge in [0.1, 0.15) is 0 Å². The minimum absolute atomic E-state index is 0.0722. The molecule has 1 atom stereocenters. The van der Waals surface area contributed by atoms with Crippen molar-refractivity contribution in [2.75, 3.05) is 11.9 Å². The number of hydrogen-bond acceptors (Lipinski definition) is 3. The summed E-state index contributed by atoms with van der Waals surface area (Å²) < 4.78 is 1.95. The molecule has 1 unspecified atom stereocenters. The molecule has 0 spiro atoms. The monoisotopic (exact) mass is 456 g/mol. The molecule has 2 heterocycles. The van der Waals surface area contributed by atoms with Crippen LogP contribution in [0, 0.1) is 13.8 Å². The van der Waals surface area contributed by atoms with Crippen LogP contribution in [0.15, 0.2) is 42.5 Å². The van der Waals surface area contributed by atoms with Gasteiger partial charge in [0, 0.05) is 35.1 Å². The number of likely N-dealkylation sites (tertiary alicyclic amines) is 1. The van der Waals surface area contributed by atoms with E-state index in [1.807, 2.05) is 52.9 Å². The highest BCUT2D eigenvalue weighted by Crippen LogP contribution is 2.30. The topological polar surface area (TPSA) is 67.2 Å². The standard InChI is InChI=1S/C28H32N4O2/c1-18-9-4-5-12-24(18)32-25-13-8-11-22(25)26(30-32)27(33)29-23-15-14-21(17-19(23)2)28(34)31-16-7-6-10-20(31)3/h4-5,9,12,14-15,17,20H,6-8,10-11,13,16H2,1-3H3,(H,29,33). The summed E-state index contributed by atoms with van der Waals surface area (Å²) in [7, 11) is 0. The molecular weight excluding hydrogens is 424 g/mol. The number of para-hydroxylation sites is 1. The lowest BCUT2D eigenvalue weighted by atomic mass is 10.0. The quantitative estimate of drug-likeness (QED) is 0.583. The van der Waals surface area contributed by atoms with Crippen LogP contribution in [0.4, 0.5) is 5.69 Å². The summed E-state index contributed by atoms with van der Waals surface area (Å²) in [5.41, 5.74) is 7.09. The molecule has 1 aromatic heterocycles. The van der Waals surface area contributed by atoms with Crippen molar-refractivity contribution >= 4 is 17.5 Å². The van der Waals surface area contributed by atoms with E-state index in [-0.39, 0.29) is 17.9 Å². The third-order valence-electron chi connectivity index (χ3n) is 7.27. The summed E-state index contributed by atoms with van der Waals surface area (Å²) >= 11 is 0. The Morgan fingerprint density at radius 3 is 2.59 bits per heavy atom. The maximum absolute atomic E-state index is 13.3. The first-order chi connectivity index (χ1) is 16.4. The van der Waals surface area contributed by atoms with Gasteiger partial charge in [-0.1, -0.05) is 18.2 Å². The molecule has 1 aliphatic carbocycles. The van der Waals surface area contributed by atoms with Crippen LogP contribution in [0.25, 0.3) is 5.69 Å². The van der Waals surface area contributed by atoms with E-state index in [4.69, 9.17) is 5.10 Å². The minimum Gasteiger partial charge on any atom is -0.336 e. The number of hydrogen-bond donors (Lipinski definition) is 1. The normalized spacial score (nSPS) is 17.5. The van der Waals surface area contributed by atoms with Crippen molar-refractivity contribution < 1.29 is 9.59 Å². The summed E-state index contributed by atoms with van der Waals surface area (Å²) in [6, 6.07) is 13.9. The Bertz CT molecular complexity index is 1260. The number of aromatic nitrogens is 2. The van der Waals surface area contributed by atoms with Gasteiger partial charge in [-0.3, -0.25) is 9.59 Å². The highest BCUT2D eigenvalue weighted by molar-refractivity contribution is 6.05. The summed E-state index contributed by atoms with van der Waals surface area (Å²) in [4.78, 5) is 28.3. The average molecular weight is 457 g/mol. The lowest BCUT2D eigenvalue weighted by molar-refractivity contribution is 0.0635. The van der Waals surface area contributed by atoms with Crippen molar-refractivity contribution in [2.24, 2.45) is 0 Å². The van der Waals surface area contributed by atoms with Gasteiger partial charge < -0.3 is 10.2 Å². The Morgan fingerprint density at radius 1 is 1.00 bits per heavy atom. The predicted molar refractivity (Wildman–Crippen MR) is 134 cm³/mol. The third kappa shape index (κ3) is 4.02. The molecule has 2 amide bonds. The maximum Gasteiger partial charge on any atom is 0.276 e. The SMILES string of the molecule is Cc1cc(C(=O)N2CCCCC2C)ccc1NC(=O)c1nn(-c2ccccc2C)c2c1CCC2. The molecule has 3 aromatic rings. The van der Waals surface area contributed by atoms with E-state index in [0.29, 0.717) is 16.9 Å². The molecule has 0 saturated carbocycles. The number of piperidine rings is 1. The third-order valence-corrected chi connectivity index (χ3v) is 7.27. The molecule has 2 aliphatic rings. The van der Waals surface area contributed by atoms with Crippen molar-refractivity contribution in [3.63, 3.8) is 0 Å². The van der Waals surface area contributed by atoms with Gasteiger partial charge in [0.15, 0.2) is 5.69 Å². The van der Waals surface area contributed by atoms with E-state index in [9.17, 15) is 9.59 Å². The van der Waals surface area contributed by atoms with Crippen molar-refractivity contribution in [3.05, 3.63) is 76.1 Å². The van der Waals surface area contributed by atoms with Crippen LogP contribution in [0.1, 0.15) is 75.8 Å². The number of fused-ring (bicyclic) bond motifs is 1. The van der Waals surface area contributed by atoms with E-state index >= 15 is 0 Å². The van der Waals surface area contributed by atoms with Crippen LogP contribution in [0.2, 0.25) is 0 Å². The van der Waals surface area contributed by atoms with Crippen LogP contribution in [-0.2, 0) is 12.8 Å². The Kier molecular flexibility index (Phi) is 5.98. The number of anilines is 1. The molecule has 6 heteroatoms. The number of carbonyl (C=O) groups is 2. The highest BCUT2D eigenvalue weighted by atomic mass is 16.2. The van der Waals surface area contributed by atoms with Crippen LogP contribution in [0.3, 0.4) is 0 Å². The van der Waals surface area contributed by atoms with E-state index in [1.54, 1.807) is 0 Å².